The molecule has 2 aromatic rings. The number of rotatable bonds is 4. The van der Waals surface area contributed by atoms with Crippen LogP contribution in [0.5, 0.6) is 0 Å². The minimum absolute atomic E-state index is 0.178. The predicted molar refractivity (Wildman–Crippen MR) is 106 cm³/mol. The fraction of sp³-hybridized carbons (Fsp3) is 0.222. The highest BCUT2D eigenvalue weighted by molar-refractivity contribution is 7.92. The van der Waals surface area contributed by atoms with E-state index in [0.29, 0.717) is 16.4 Å². The third-order valence-electron chi connectivity index (χ3n) is 4.19. The highest BCUT2D eigenvalue weighted by Gasteiger charge is 2.30. The summed E-state index contributed by atoms with van der Waals surface area (Å²) >= 11 is 6.11. The Labute approximate surface area is 162 Å². The molecule has 27 heavy (non-hydrogen) atoms. The van der Waals surface area contributed by atoms with Crippen LogP contribution in [0.3, 0.4) is 0 Å². The number of amides is 2. The molecule has 0 saturated carbocycles. The lowest BCUT2D eigenvalue weighted by atomic mass is 10.2. The summed E-state index contributed by atoms with van der Waals surface area (Å²) in [4.78, 5) is 26.1. The van der Waals surface area contributed by atoms with Crippen LogP contribution in [-0.2, 0) is 19.6 Å². The number of benzene rings is 2. The molecule has 0 radical (unpaired) electrons. The number of nitrogens with one attached hydrogen (secondary N) is 1. The normalized spacial score (nSPS) is 13.7. The molecule has 2 aromatic carbocycles. The van der Waals surface area contributed by atoms with Crippen molar-refractivity contribution in [2.24, 2.45) is 0 Å². The number of hydrogen-bond acceptors (Lipinski definition) is 4. The Morgan fingerprint density at radius 2 is 1.96 bits per heavy atom. The lowest BCUT2D eigenvalue weighted by Gasteiger charge is -2.31. The zero-order chi connectivity index (χ0) is 19.8. The standard InChI is InChI=1S/C18H18ClN3O4S/c1-12-7-8-13(9-14(12)19)22(27(2,25)26)11-18(24)21-10-17(23)20-15-5-3-4-6-16(15)21/h3-9H,10-11H2,1-2H3,(H,20,23). The maximum atomic E-state index is 12.9. The van der Waals surface area contributed by atoms with Gasteiger partial charge in [-0.25, -0.2) is 8.42 Å². The van der Waals surface area contributed by atoms with Crippen molar-refractivity contribution in [1.29, 1.82) is 0 Å². The summed E-state index contributed by atoms with van der Waals surface area (Å²) in [6.07, 6.45) is 1.02. The molecule has 1 N–H and O–H groups in total. The molecule has 3 rings (SSSR count). The summed E-state index contributed by atoms with van der Waals surface area (Å²) in [6.45, 7) is 1.17. The van der Waals surface area contributed by atoms with Crippen LogP contribution in [0.15, 0.2) is 42.5 Å². The van der Waals surface area contributed by atoms with Crippen LogP contribution < -0.4 is 14.5 Å². The number of carbonyl (C=O) groups is 2. The molecule has 0 aliphatic carbocycles. The van der Waals surface area contributed by atoms with E-state index < -0.39 is 22.5 Å². The van der Waals surface area contributed by atoms with Crippen LogP contribution in [0, 0.1) is 6.92 Å². The molecule has 1 aliphatic heterocycles. The van der Waals surface area contributed by atoms with Crippen LogP contribution in [0.25, 0.3) is 0 Å². The Balaban J connectivity index is 1.94. The van der Waals surface area contributed by atoms with Crippen molar-refractivity contribution in [1.82, 2.24) is 0 Å². The largest absolute Gasteiger partial charge is 0.323 e. The van der Waals surface area contributed by atoms with E-state index in [4.69, 9.17) is 11.6 Å². The molecule has 1 aliphatic rings. The van der Waals surface area contributed by atoms with E-state index in [1.54, 1.807) is 43.3 Å². The van der Waals surface area contributed by atoms with E-state index in [9.17, 15) is 18.0 Å². The molecule has 0 unspecified atom stereocenters. The number of sulfonamides is 1. The summed E-state index contributed by atoms with van der Waals surface area (Å²) in [6, 6.07) is 11.6. The maximum absolute atomic E-state index is 12.9. The van der Waals surface area contributed by atoms with Gasteiger partial charge in [-0.1, -0.05) is 29.8 Å². The first kappa shape index (κ1) is 19.2. The second-order valence-electron chi connectivity index (χ2n) is 6.25. The molecule has 0 atom stereocenters. The number of aryl methyl sites for hydroxylation is 1. The van der Waals surface area contributed by atoms with Crippen LogP contribution in [0.2, 0.25) is 5.02 Å². The molecule has 0 saturated heterocycles. The van der Waals surface area contributed by atoms with Gasteiger partial charge in [0.2, 0.25) is 21.8 Å². The van der Waals surface area contributed by atoms with Gasteiger partial charge in [-0.15, -0.1) is 0 Å². The van der Waals surface area contributed by atoms with Crippen molar-refractivity contribution < 1.29 is 18.0 Å². The highest BCUT2D eigenvalue weighted by Crippen LogP contribution is 2.30. The van der Waals surface area contributed by atoms with Crippen LogP contribution in [0.4, 0.5) is 17.1 Å². The summed E-state index contributed by atoms with van der Waals surface area (Å²) in [5, 5.41) is 3.09. The number of anilines is 3. The monoisotopic (exact) mass is 407 g/mol. The average molecular weight is 408 g/mol. The number of halogens is 1. The first-order chi connectivity index (χ1) is 12.7. The first-order valence-corrected chi connectivity index (χ1v) is 10.3. The van der Waals surface area contributed by atoms with Gasteiger partial charge in [0.05, 0.1) is 23.3 Å². The number of carbonyl (C=O) groups excluding carboxylic acids is 2. The predicted octanol–water partition coefficient (Wildman–Crippen LogP) is 2.40. The Hall–Kier alpha value is -2.58. The molecule has 1 heterocycles. The van der Waals surface area contributed by atoms with E-state index in [0.717, 1.165) is 16.1 Å². The van der Waals surface area contributed by atoms with Gasteiger partial charge in [-0.3, -0.25) is 18.8 Å². The lowest BCUT2D eigenvalue weighted by Crippen LogP contribution is -2.47. The molecule has 7 nitrogen and oxygen atoms in total. The molecule has 2 amide bonds. The highest BCUT2D eigenvalue weighted by atomic mass is 35.5. The van der Waals surface area contributed by atoms with E-state index in [-0.39, 0.29) is 18.1 Å². The van der Waals surface area contributed by atoms with Gasteiger partial charge in [0.25, 0.3) is 0 Å². The average Bonchev–Trinajstić information content (AvgIpc) is 2.60. The Kier molecular flexibility index (Phi) is 5.12. The number of hydrogen-bond donors (Lipinski definition) is 1. The smallest absolute Gasteiger partial charge is 0.248 e. The summed E-state index contributed by atoms with van der Waals surface area (Å²) in [5.74, 6) is -0.856. The second kappa shape index (κ2) is 7.21. The van der Waals surface area contributed by atoms with Gasteiger partial charge < -0.3 is 5.32 Å². The Morgan fingerprint density at radius 3 is 2.63 bits per heavy atom. The van der Waals surface area contributed by atoms with E-state index in [1.807, 2.05) is 0 Å². The third-order valence-corrected chi connectivity index (χ3v) is 5.74. The van der Waals surface area contributed by atoms with Gasteiger partial charge in [0, 0.05) is 5.02 Å². The van der Waals surface area contributed by atoms with Crippen molar-refractivity contribution in [3.8, 4) is 0 Å². The topological polar surface area (TPSA) is 86.8 Å². The first-order valence-electron chi connectivity index (χ1n) is 8.10. The Bertz CT molecular complexity index is 1020. The summed E-state index contributed by atoms with van der Waals surface area (Å²) in [5.41, 5.74) is 2.11. The van der Waals surface area contributed by atoms with Crippen LogP contribution in [-0.4, -0.2) is 39.6 Å². The van der Waals surface area contributed by atoms with Crippen molar-refractivity contribution in [2.45, 2.75) is 6.92 Å². The molecule has 9 heteroatoms. The van der Waals surface area contributed by atoms with E-state index >= 15 is 0 Å². The van der Waals surface area contributed by atoms with Crippen molar-refractivity contribution in [2.75, 3.05) is 33.9 Å². The van der Waals surface area contributed by atoms with Crippen molar-refractivity contribution in [3.63, 3.8) is 0 Å². The fourth-order valence-corrected chi connectivity index (χ4v) is 3.82. The van der Waals surface area contributed by atoms with Gasteiger partial charge in [-0.05, 0) is 36.8 Å². The van der Waals surface area contributed by atoms with Gasteiger partial charge in [0.15, 0.2) is 0 Å². The number of para-hydroxylation sites is 2. The third kappa shape index (κ3) is 4.06. The van der Waals surface area contributed by atoms with Crippen molar-refractivity contribution in [3.05, 3.63) is 53.1 Å². The quantitative estimate of drug-likeness (QED) is 0.843. The van der Waals surface area contributed by atoms with E-state index in [1.165, 1.54) is 11.0 Å². The molecule has 0 bridgehead atoms. The molecular formula is C18H18ClN3O4S. The van der Waals surface area contributed by atoms with Gasteiger partial charge >= 0.3 is 0 Å². The van der Waals surface area contributed by atoms with Gasteiger partial charge in [0.1, 0.15) is 13.1 Å². The Morgan fingerprint density at radius 1 is 1.26 bits per heavy atom. The zero-order valence-corrected chi connectivity index (χ0v) is 16.3. The molecular weight excluding hydrogens is 390 g/mol. The number of fused-ring (bicyclic) bond motifs is 1. The molecule has 0 spiro atoms. The number of nitrogens with zero attached hydrogens (tertiary/aromatic N) is 2. The lowest BCUT2D eigenvalue weighted by molar-refractivity contribution is -0.121. The van der Waals surface area contributed by atoms with Crippen LogP contribution in [0.1, 0.15) is 5.56 Å². The van der Waals surface area contributed by atoms with Crippen LogP contribution >= 0.6 is 11.6 Å². The van der Waals surface area contributed by atoms with E-state index in [2.05, 4.69) is 5.32 Å². The summed E-state index contributed by atoms with van der Waals surface area (Å²) in [7, 11) is -3.75. The minimum atomic E-state index is -3.75. The molecule has 0 aromatic heterocycles. The molecule has 142 valence electrons. The zero-order valence-electron chi connectivity index (χ0n) is 14.8. The second-order valence-corrected chi connectivity index (χ2v) is 8.56. The SMILES string of the molecule is Cc1ccc(N(CC(=O)N2CC(=O)Nc3ccccc32)S(C)(=O)=O)cc1Cl. The molecule has 0 fully saturated rings. The maximum Gasteiger partial charge on any atom is 0.248 e. The minimum Gasteiger partial charge on any atom is -0.323 e. The fourth-order valence-electron chi connectivity index (χ4n) is 2.80. The van der Waals surface area contributed by atoms with Crippen molar-refractivity contribution >= 4 is 50.5 Å². The summed E-state index contributed by atoms with van der Waals surface area (Å²) < 4.78 is 25.6. The van der Waals surface area contributed by atoms with Gasteiger partial charge in [-0.2, -0.15) is 0 Å².